The molecule has 398 valence electrons. The number of phenolic OH excluding ortho intramolecular Hbond substituents is 1. The van der Waals surface area contributed by atoms with Crippen LogP contribution in [-0.2, 0) is 72.0 Å². The number of alkyl carbamates (subject to hydrolysis) is 1. The molecule has 5 amide bonds. The lowest BCUT2D eigenvalue weighted by atomic mass is 9.76. The van der Waals surface area contributed by atoms with E-state index in [-0.39, 0.29) is 127 Å². The van der Waals surface area contributed by atoms with Crippen LogP contribution in [0.1, 0.15) is 96.3 Å². The zero-order valence-electron chi connectivity index (χ0n) is 42.9. The molecule has 0 aromatic heterocycles. The molecule has 0 aliphatic heterocycles. The van der Waals surface area contributed by atoms with Gasteiger partial charge in [0.05, 0.1) is 58.5 Å². The zero-order valence-corrected chi connectivity index (χ0v) is 42.9. The number of nitrogens with one attached hydrogen (secondary N) is 5. The fourth-order valence-electron chi connectivity index (χ4n) is 7.01. The SMILES string of the molecule is CC(C[C@@H](C)Cc1ccc(O)c(NC(=O)[C@H](CCCCNC(=O)CCOCCOCCNC(=O)CCOCCOCCNC(=O)CC(=O)OCc2ccccc2)NC(=O)OCc2ccccc2)c1)C(C)(C)C. The van der Waals surface area contributed by atoms with E-state index in [9.17, 15) is 33.9 Å². The molecule has 0 radical (unpaired) electrons. The van der Waals surface area contributed by atoms with Crippen LogP contribution in [-0.4, -0.2) is 119 Å². The second-order valence-corrected chi connectivity index (χ2v) is 18.7. The van der Waals surface area contributed by atoms with Gasteiger partial charge in [-0.05, 0) is 78.2 Å². The van der Waals surface area contributed by atoms with Crippen molar-refractivity contribution in [2.75, 3.05) is 77.8 Å². The van der Waals surface area contributed by atoms with E-state index < -0.39 is 29.9 Å². The largest absolute Gasteiger partial charge is 0.506 e. The Morgan fingerprint density at radius 2 is 1.12 bits per heavy atom. The molecule has 3 atom stereocenters. The van der Waals surface area contributed by atoms with Gasteiger partial charge in [0.1, 0.15) is 31.4 Å². The Balaban J connectivity index is 1.21. The van der Waals surface area contributed by atoms with Gasteiger partial charge in [-0.2, -0.15) is 0 Å². The topological polar surface area (TPSA) is 238 Å². The van der Waals surface area contributed by atoms with Crippen LogP contribution in [0.5, 0.6) is 5.75 Å². The van der Waals surface area contributed by atoms with Gasteiger partial charge in [-0.25, -0.2) is 4.79 Å². The summed E-state index contributed by atoms with van der Waals surface area (Å²) in [5.41, 5.74) is 3.07. The van der Waals surface area contributed by atoms with Crippen LogP contribution in [0.4, 0.5) is 10.5 Å². The number of hydrogen-bond acceptors (Lipinski definition) is 13. The molecular weight excluding hydrogens is 927 g/mol. The van der Waals surface area contributed by atoms with Crippen LogP contribution in [0.25, 0.3) is 0 Å². The number of esters is 1. The molecule has 3 aromatic carbocycles. The molecule has 0 aliphatic rings. The molecule has 0 saturated heterocycles. The second kappa shape index (κ2) is 35.1. The van der Waals surface area contributed by atoms with Crippen molar-refractivity contribution in [3.63, 3.8) is 0 Å². The molecule has 18 nitrogen and oxygen atoms in total. The molecular formula is C54H79N5O13. The lowest BCUT2D eigenvalue weighted by Crippen LogP contribution is -2.44. The molecule has 0 fully saturated rings. The molecule has 18 heteroatoms. The maximum absolute atomic E-state index is 13.6. The number of carbonyl (C=O) groups excluding carboxylic acids is 6. The molecule has 0 spiro atoms. The van der Waals surface area contributed by atoms with Crippen LogP contribution in [0.2, 0.25) is 0 Å². The summed E-state index contributed by atoms with van der Waals surface area (Å²) >= 11 is 0. The Morgan fingerprint density at radius 1 is 0.597 bits per heavy atom. The number of phenols is 1. The smallest absolute Gasteiger partial charge is 0.408 e. The molecule has 0 aliphatic carbocycles. The summed E-state index contributed by atoms with van der Waals surface area (Å²) in [6.45, 7) is 14.3. The van der Waals surface area contributed by atoms with Gasteiger partial charge < -0.3 is 60.1 Å². The molecule has 0 saturated carbocycles. The van der Waals surface area contributed by atoms with E-state index in [1.165, 1.54) is 0 Å². The van der Waals surface area contributed by atoms with Gasteiger partial charge in [-0.3, -0.25) is 24.0 Å². The Hall–Kier alpha value is -6.08. The van der Waals surface area contributed by atoms with Crippen LogP contribution < -0.4 is 26.6 Å². The van der Waals surface area contributed by atoms with Gasteiger partial charge in [-0.15, -0.1) is 0 Å². The quantitative estimate of drug-likeness (QED) is 0.0161. The van der Waals surface area contributed by atoms with Crippen molar-refractivity contribution in [2.45, 2.75) is 105 Å². The van der Waals surface area contributed by atoms with Gasteiger partial charge in [0.15, 0.2) is 0 Å². The number of aromatic hydroxyl groups is 1. The summed E-state index contributed by atoms with van der Waals surface area (Å²) in [6.07, 6.45) is 2.30. The van der Waals surface area contributed by atoms with E-state index in [4.69, 9.17) is 28.4 Å². The van der Waals surface area contributed by atoms with Crippen molar-refractivity contribution in [1.29, 1.82) is 0 Å². The highest BCUT2D eigenvalue weighted by molar-refractivity contribution is 5.97. The van der Waals surface area contributed by atoms with Crippen LogP contribution >= 0.6 is 0 Å². The molecule has 0 heterocycles. The fraction of sp³-hybridized carbons (Fsp3) is 0.556. The average Bonchev–Trinajstić information content (AvgIpc) is 3.34. The zero-order chi connectivity index (χ0) is 52.4. The second-order valence-electron chi connectivity index (χ2n) is 18.7. The fourth-order valence-corrected chi connectivity index (χ4v) is 7.01. The number of hydrogen-bond donors (Lipinski definition) is 6. The third-order valence-corrected chi connectivity index (χ3v) is 11.6. The minimum absolute atomic E-state index is 0.0325. The minimum atomic E-state index is -0.969. The third-order valence-electron chi connectivity index (χ3n) is 11.6. The van der Waals surface area contributed by atoms with Crippen molar-refractivity contribution in [3.05, 3.63) is 95.6 Å². The van der Waals surface area contributed by atoms with E-state index >= 15 is 0 Å². The highest BCUT2D eigenvalue weighted by Crippen LogP contribution is 2.33. The Labute approximate surface area is 425 Å². The van der Waals surface area contributed by atoms with Crippen molar-refractivity contribution in [2.24, 2.45) is 17.3 Å². The highest BCUT2D eigenvalue weighted by atomic mass is 16.6. The summed E-state index contributed by atoms with van der Waals surface area (Å²) in [4.78, 5) is 74.7. The first-order valence-electron chi connectivity index (χ1n) is 25.0. The standard InChI is InChI=1S/C54H79N5O13/c1-40(34-41(2)54(3,4)5)35-44-19-20-47(60)46(36-44)58-52(65)45(59-53(66)72-39-43-16-10-7-11-17-43)18-12-13-23-55-48(61)21-26-67-30-32-69-28-24-56-49(62)22-27-68-31-33-70-29-25-57-50(63)37-51(64)71-38-42-14-8-6-9-15-42/h6-11,14-17,19-20,36,40-41,45,60H,12-13,18,21-35,37-39H2,1-5H3,(H,55,61)(H,56,62)(H,57,63)(H,58,65)(H,59,66)/t40-,41?,45+/m1/s1. The van der Waals surface area contributed by atoms with E-state index in [0.29, 0.717) is 37.8 Å². The normalized spacial score (nSPS) is 12.5. The lowest BCUT2D eigenvalue weighted by Gasteiger charge is -2.29. The first kappa shape index (κ1) is 60.2. The Kier molecular flexibility index (Phi) is 29.4. The molecule has 1 unspecified atom stereocenters. The highest BCUT2D eigenvalue weighted by Gasteiger charge is 2.24. The predicted octanol–water partition coefficient (Wildman–Crippen LogP) is 6.38. The van der Waals surface area contributed by atoms with Gasteiger partial charge in [0.25, 0.3) is 0 Å². The van der Waals surface area contributed by atoms with E-state index in [2.05, 4.69) is 61.2 Å². The number of benzene rings is 3. The van der Waals surface area contributed by atoms with E-state index in [1.807, 2.05) is 66.7 Å². The predicted molar refractivity (Wildman–Crippen MR) is 273 cm³/mol. The number of rotatable bonds is 36. The number of carbonyl (C=O) groups is 6. The number of ether oxygens (including phenoxy) is 6. The Morgan fingerprint density at radius 3 is 1.69 bits per heavy atom. The van der Waals surface area contributed by atoms with Gasteiger partial charge in [-0.1, -0.05) is 101 Å². The van der Waals surface area contributed by atoms with Crippen LogP contribution in [0.3, 0.4) is 0 Å². The molecule has 6 N–H and O–H groups in total. The van der Waals surface area contributed by atoms with Crippen molar-refractivity contribution in [3.8, 4) is 5.75 Å². The molecule has 0 bridgehead atoms. The summed E-state index contributed by atoms with van der Waals surface area (Å²) in [5, 5.41) is 24.4. The summed E-state index contributed by atoms with van der Waals surface area (Å²) < 4.78 is 32.3. The monoisotopic (exact) mass is 1010 g/mol. The van der Waals surface area contributed by atoms with Crippen molar-refractivity contribution in [1.82, 2.24) is 21.3 Å². The van der Waals surface area contributed by atoms with Crippen LogP contribution in [0, 0.1) is 17.3 Å². The maximum Gasteiger partial charge on any atom is 0.408 e. The minimum Gasteiger partial charge on any atom is -0.506 e. The van der Waals surface area contributed by atoms with Crippen molar-refractivity contribution < 1.29 is 62.3 Å². The van der Waals surface area contributed by atoms with Gasteiger partial charge in [0.2, 0.25) is 23.6 Å². The van der Waals surface area contributed by atoms with E-state index in [0.717, 1.165) is 29.5 Å². The van der Waals surface area contributed by atoms with Gasteiger partial charge >= 0.3 is 12.1 Å². The summed E-state index contributed by atoms with van der Waals surface area (Å²) in [5.74, 6) is -1.12. The van der Waals surface area contributed by atoms with Gasteiger partial charge in [0, 0.05) is 32.5 Å². The average molecular weight is 1010 g/mol. The molecule has 3 aromatic rings. The summed E-state index contributed by atoms with van der Waals surface area (Å²) in [6, 6.07) is 22.6. The number of amides is 5. The summed E-state index contributed by atoms with van der Waals surface area (Å²) in [7, 11) is 0. The third kappa shape index (κ3) is 28.1. The van der Waals surface area contributed by atoms with Crippen LogP contribution in [0.15, 0.2) is 78.9 Å². The molecule has 72 heavy (non-hydrogen) atoms. The Bertz CT molecular complexity index is 2050. The first-order chi connectivity index (χ1) is 34.6. The first-order valence-corrected chi connectivity index (χ1v) is 25.0. The molecule has 3 rings (SSSR count). The number of unbranched alkanes of at least 4 members (excludes halogenated alkanes) is 1. The maximum atomic E-state index is 13.6. The number of anilines is 1. The lowest BCUT2D eigenvalue weighted by molar-refractivity contribution is -0.147. The van der Waals surface area contributed by atoms with E-state index in [1.54, 1.807) is 12.1 Å². The van der Waals surface area contributed by atoms with Crippen molar-refractivity contribution >= 4 is 41.4 Å².